The van der Waals surface area contributed by atoms with Crippen molar-refractivity contribution in [2.45, 2.75) is 38.4 Å². The number of fused-ring (bicyclic) bond motifs is 1. The van der Waals surface area contributed by atoms with Gasteiger partial charge in [-0.05, 0) is 68.4 Å². The molecule has 4 heterocycles. The van der Waals surface area contributed by atoms with E-state index in [2.05, 4.69) is 39.3 Å². The van der Waals surface area contributed by atoms with Crippen molar-refractivity contribution in [1.29, 1.82) is 0 Å². The second kappa shape index (κ2) is 9.03. The van der Waals surface area contributed by atoms with Crippen molar-refractivity contribution >= 4 is 17.7 Å². The molecule has 0 spiro atoms. The van der Waals surface area contributed by atoms with Crippen molar-refractivity contribution in [2.75, 3.05) is 33.2 Å². The fourth-order valence-electron chi connectivity index (χ4n) is 4.98. The van der Waals surface area contributed by atoms with Crippen molar-refractivity contribution in [3.63, 3.8) is 0 Å². The predicted molar refractivity (Wildman–Crippen MR) is 123 cm³/mol. The molecule has 172 valence electrons. The Hall–Kier alpha value is -3.10. The Morgan fingerprint density at radius 3 is 2.79 bits per heavy atom. The molecule has 1 atom stereocenters. The summed E-state index contributed by atoms with van der Waals surface area (Å²) in [6, 6.07) is 9.37. The number of hydrogen-bond donors (Lipinski definition) is 1. The van der Waals surface area contributed by atoms with Crippen LogP contribution in [0.4, 0.5) is 0 Å². The molecule has 1 aromatic heterocycles. The normalized spacial score (nSPS) is 22.3. The highest BCUT2D eigenvalue weighted by Gasteiger charge is 2.39. The van der Waals surface area contributed by atoms with Gasteiger partial charge in [0.2, 0.25) is 11.8 Å². The molecule has 3 aliphatic heterocycles. The third kappa shape index (κ3) is 4.54. The first-order chi connectivity index (χ1) is 16.0. The number of aromatic nitrogens is 1. The zero-order valence-corrected chi connectivity index (χ0v) is 18.9. The van der Waals surface area contributed by atoms with Crippen LogP contribution in [0.25, 0.3) is 11.3 Å². The summed E-state index contributed by atoms with van der Waals surface area (Å²) in [5.74, 6) is -0.818. The fraction of sp³-hybridized carbons (Fsp3) is 0.440. The summed E-state index contributed by atoms with van der Waals surface area (Å²) in [6.07, 6.45) is 3.65. The van der Waals surface area contributed by atoms with E-state index in [0.717, 1.165) is 49.5 Å². The van der Waals surface area contributed by atoms with E-state index in [1.165, 1.54) is 12.0 Å². The minimum absolute atomic E-state index is 0.154. The largest absolute Gasteiger partial charge is 0.322 e. The first-order valence-electron chi connectivity index (χ1n) is 11.6. The van der Waals surface area contributed by atoms with E-state index in [1.807, 2.05) is 24.4 Å². The van der Waals surface area contributed by atoms with Crippen LogP contribution in [0.3, 0.4) is 0 Å². The maximum absolute atomic E-state index is 12.9. The topological polar surface area (TPSA) is 85.8 Å². The zero-order chi connectivity index (χ0) is 22.9. The molecule has 2 saturated heterocycles. The van der Waals surface area contributed by atoms with Crippen LogP contribution in [0.15, 0.2) is 36.5 Å². The minimum Gasteiger partial charge on any atom is -0.322 e. The maximum atomic E-state index is 12.9. The third-order valence-electron chi connectivity index (χ3n) is 6.86. The Bertz CT molecular complexity index is 1100. The Balaban J connectivity index is 1.32. The lowest BCUT2D eigenvalue weighted by molar-refractivity contribution is -0.136. The number of likely N-dealkylation sites (N-methyl/N-ethyl adjacent to an activating group) is 1. The average Bonchev–Trinajstić information content (AvgIpc) is 2.98. The molecule has 2 aromatic rings. The summed E-state index contributed by atoms with van der Waals surface area (Å²) in [6.45, 7) is 5.65. The summed E-state index contributed by atoms with van der Waals surface area (Å²) in [7, 11) is 2.17. The number of piperidine rings is 1. The van der Waals surface area contributed by atoms with Gasteiger partial charge in [-0.3, -0.25) is 29.6 Å². The molecule has 8 heteroatoms. The number of pyridine rings is 1. The van der Waals surface area contributed by atoms with Crippen molar-refractivity contribution in [3.8, 4) is 11.3 Å². The molecule has 1 N–H and O–H groups in total. The molecule has 33 heavy (non-hydrogen) atoms. The van der Waals surface area contributed by atoms with Crippen LogP contribution < -0.4 is 5.32 Å². The van der Waals surface area contributed by atoms with Gasteiger partial charge in [-0.25, -0.2) is 0 Å². The van der Waals surface area contributed by atoms with Crippen LogP contribution in [0, 0.1) is 0 Å². The summed E-state index contributed by atoms with van der Waals surface area (Å²) in [5.41, 5.74) is 4.59. The fourth-order valence-corrected chi connectivity index (χ4v) is 4.98. The lowest BCUT2D eigenvalue weighted by Gasteiger charge is -2.29. The van der Waals surface area contributed by atoms with E-state index in [9.17, 15) is 14.4 Å². The molecule has 0 bridgehead atoms. The van der Waals surface area contributed by atoms with Gasteiger partial charge in [-0.15, -0.1) is 0 Å². The first kappa shape index (κ1) is 21.7. The Morgan fingerprint density at radius 2 is 1.94 bits per heavy atom. The van der Waals surface area contributed by atoms with Gasteiger partial charge in [0.05, 0.1) is 5.69 Å². The van der Waals surface area contributed by atoms with Crippen molar-refractivity contribution in [2.24, 2.45) is 0 Å². The van der Waals surface area contributed by atoms with E-state index in [-0.39, 0.29) is 24.1 Å². The van der Waals surface area contributed by atoms with E-state index in [1.54, 1.807) is 4.90 Å². The molecule has 1 aromatic carbocycles. The van der Waals surface area contributed by atoms with Gasteiger partial charge < -0.3 is 9.80 Å². The van der Waals surface area contributed by atoms with Crippen molar-refractivity contribution in [1.82, 2.24) is 25.0 Å². The SMILES string of the molecule is CN1CCCN(Cc2ccnc(-c3ccc4c(c3)CN(C3CCC(=O)NC3=O)C4=O)c2)CC1. The number of carbonyl (C=O) groups excluding carboxylic acids is 3. The smallest absolute Gasteiger partial charge is 0.255 e. The van der Waals surface area contributed by atoms with Crippen LogP contribution in [0.1, 0.15) is 40.7 Å². The highest BCUT2D eigenvalue weighted by molar-refractivity contribution is 6.05. The molecule has 1 unspecified atom stereocenters. The monoisotopic (exact) mass is 447 g/mol. The van der Waals surface area contributed by atoms with Gasteiger partial charge in [-0.2, -0.15) is 0 Å². The van der Waals surface area contributed by atoms with E-state index in [0.29, 0.717) is 18.5 Å². The number of nitrogens with one attached hydrogen (secondary N) is 1. The van der Waals surface area contributed by atoms with Crippen LogP contribution in [0.5, 0.6) is 0 Å². The number of rotatable bonds is 4. The van der Waals surface area contributed by atoms with Crippen molar-refractivity contribution < 1.29 is 14.4 Å². The standard InChI is InChI=1S/C25H29N5O3/c1-28-9-2-10-29(12-11-28)15-17-7-8-26-21(13-17)18-3-4-20-19(14-18)16-30(25(20)33)22-5-6-23(31)27-24(22)32/h3-4,7-8,13-14,22H,2,5-6,9-12,15-16H2,1H3,(H,27,31,32). The van der Waals surface area contributed by atoms with Crippen LogP contribution in [-0.2, 0) is 22.7 Å². The quantitative estimate of drug-likeness (QED) is 0.718. The molecule has 3 amide bonds. The van der Waals surface area contributed by atoms with Gasteiger partial charge in [0.1, 0.15) is 6.04 Å². The molecule has 0 saturated carbocycles. The van der Waals surface area contributed by atoms with Gasteiger partial charge in [0.15, 0.2) is 0 Å². The molecule has 0 aliphatic carbocycles. The minimum atomic E-state index is -0.597. The predicted octanol–water partition coefficient (Wildman–Crippen LogP) is 1.65. The summed E-state index contributed by atoms with van der Waals surface area (Å²) < 4.78 is 0. The number of benzene rings is 1. The summed E-state index contributed by atoms with van der Waals surface area (Å²) in [5, 5.41) is 2.35. The number of imide groups is 1. The number of amides is 3. The molecule has 2 fully saturated rings. The lowest BCUT2D eigenvalue weighted by atomic mass is 10.0. The molecular formula is C25H29N5O3. The summed E-state index contributed by atoms with van der Waals surface area (Å²) >= 11 is 0. The summed E-state index contributed by atoms with van der Waals surface area (Å²) in [4.78, 5) is 47.7. The Labute approximate surface area is 193 Å². The van der Waals surface area contributed by atoms with Gasteiger partial charge >= 0.3 is 0 Å². The molecule has 0 radical (unpaired) electrons. The number of nitrogens with zero attached hydrogens (tertiary/aromatic N) is 4. The highest BCUT2D eigenvalue weighted by Crippen LogP contribution is 2.31. The third-order valence-corrected chi connectivity index (χ3v) is 6.86. The molecule has 8 nitrogen and oxygen atoms in total. The second-order valence-corrected chi connectivity index (χ2v) is 9.25. The van der Waals surface area contributed by atoms with Crippen LogP contribution in [0.2, 0.25) is 0 Å². The van der Waals surface area contributed by atoms with Crippen LogP contribution >= 0.6 is 0 Å². The Kier molecular flexibility index (Phi) is 5.95. The molecule has 3 aliphatic rings. The zero-order valence-electron chi connectivity index (χ0n) is 18.9. The second-order valence-electron chi connectivity index (χ2n) is 9.25. The average molecular weight is 448 g/mol. The van der Waals surface area contributed by atoms with E-state index >= 15 is 0 Å². The van der Waals surface area contributed by atoms with Gasteiger partial charge in [-0.1, -0.05) is 6.07 Å². The van der Waals surface area contributed by atoms with Crippen molar-refractivity contribution in [3.05, 3.63) is 53.2 Å². The number of hydrogen-bond acceptors (Lipinski definition) is 6. The molecular weight excluding hydrogens is 418 g/mol. The highest BCUT2D eigenvalue weighted by atomic mass is 16.2. The van der Waals surface area contributed by atoms with Gasteiger partial charge in [0, 0.05) is 49.9 Å². The Morgan fingerprint density at radius 1 is 1.06 bits per heavy atom. The molecule has 5 rings (SSSR count). The lowest BCUT2D eigenvalue weighted by Crippen LogP contribution is -2.52. The van der Waals surface area contributed by atoms with E-state index < -0.39 is 6.04 Å². The maximum Gasteiger partial charge on any atom is 0.255 e. The van der Waals surface area contributed by atoms with E-state index in [4.69, 9.17) is 0 Å². The first-order valence-corrected chi connectivity index (χ1v) is 11.6. The number of carbonyl (C=O) groups is 3. The van der Waals surface area contributed by atoms with Crippen LogP contribution in [-0.4, -0.2) is 76.7 Å². The van der Waals surface area contributed by atoms with Gasteiger partial charge in [0.25, 0.3) is 5.91 Å².